The van der Waals surface area contributed by atoms with Gasteiger partial charge >= 0.3 is 0 Å². The van der Waals surface area contributed by atoms with Gasteiger partial charge in [0.2, 0.25) is 0 Å². The molecule has 0 aromatic heterocycles. The van der Waals surface area contributed by atoms with E-state index in [2.05, 4.69) is 18.2 Å². The fraction of sp³-hybridized carbons (Fsp3) is 0.385. The summed E-state index contributed by atoms with van der Waals surface area (Å²) in [7, 11) is 3.39. The molecule has 1 aliphatic rings. The Morgan fingerprint density at radius 2 is 2.00 bits per heavy atom. The molecule has 0 amide bonds. The van der Waals surface area contributed by atoms with Crippen LogP contribution in [0.2, 0.25) is 0 Å². The van der Waals surface area contributed by atoms with Crippen molar-refractivity contribution in [1.82, 2.24) is 0 Å². The molecule has 0 fully saturated rings. The average Bonchev–Trinajstić information content (AvgIpc) is 2.52. The monoisotopic (exact) mass is 204 g/mol. The molecule has 15 heavy (non-hydrogen) atoms. The Morgan fingerprint density at radius 3 is 2.73 bits per heavy atom. The summed E-state index contributed by atoms with van der Waals surface area (Å²) in [5.41, 5.74) is 2.52. The van der Waals surface area contributed by atoms with Gasteiger partial charge in [-0.15, -0.1) is 0 Å². The van der Waals surface area contributed by atoms with Crippen LogP contribution in [0.1, 0.15) is 24.0 Å². The SMILES string of the molecule is COc1cc2c(c(OC)c1)C=CCCC2. The first-order valence-electron chi connectivity index (χ1n) is 5.26. The fourth-order valence-corrected chi connectivity index (χ4v) is 1.95. The lowest BCUT2D eigenvalue weighted by Gasteiger charge is -2.12. The van der Waals surface area contributed by atoms with Gasteiger partial charge in [0.25, 0.3) is 0 Å². The minimum Gasteiger partial charge on any atom is -0.497 e. The molecule has 1 aliphatic carbocycles. The summed E-state index contributed by atoms with van der Waals surface area (Å²) in [6.45, 7) is 0. The van der Waals surface area contributed by atoms with Crippen LogP contribution in [0.25, 0.3) is 6.08 Å². The molecule has 2 nitrogen and oxygen atoms in total. The molecule has 1 aromatic rings. The molecular formula is C13H16O2. The third-order valence-electron chi connectivity index (χ3n) is 2.76. The third-order valence-corrected chi connectivity index (χ3v) is 2.76. The van der Waals surface area contributed by atoms with Gasteiger partial charge in [0, 0.05) is 11.6 Å². The van der Waals surface area contributed by atoms with E-state index in [9.17, 15) is 0 Å². The van der Waals surface area contributed by atoms with E-state index in [1.807, 2.05) is 6.07 Å². The molecule has 1 aromatic carbocycles. The van der Waals surface area contributed by atoms with Crippen LogP contribution >= 0.6 is 0 Å². The number of methoxy groups -OCH3 is 2. The van der Waals surface area contributed by atoms with Crippen molar-refractivity contribution in [1.29, 1.82) is 0 Å². The van der Waals surface area contributed by atoms with E-state index in [0.717, 1.165) is 24.3 Å². The van der Waals surface area contributed by atoms with Gasteiger partial charge in [-0.2, -0.15) is 0 Å². The number of hydrogen-bond acceptors (Lipinski definition) is 2. The van der Waals surface area contributed by atoms with Crippen molar-refractivity contribution >= 4 is 6.08 Å². The summed E-state index contributed by atoms with van der Waals surface area (Å²) in [5.74, 6) is 1.78. The van der Waals surface area contributed by atoms with Gasteiger partial charge in [-0.3, -0.25) is 0 Å². The molecule has 0 N–H and O–H groups in total. The van der Waals surface area contributed by atoms with Crippen molar-refractivity contribution in [2.24, 2.45) is 0 Å². The van der Waals surface area contributed by atoms with Gasteiger partial charge in [0.1, 0.15) is 11.5 Å². The Kier molecular flexibility index (Phi) is 2.95. The maximum Gasteiger partial charge on any atom is 0.130 e. The second-order valence-electron chi connectivity index (χ2n) is 3.70. The number of ether oxygens (including phenoxy) is 2. The van der Waals surface area contributed by atoms with Crippen LogP contribution in [0.5, 0.6) is 11.5 Å². The van der Waals surface area contributed by atoms with Gasteiger partial charge in [-0.1, -0.05) is 12.2 Å². The first-order chi connectivity index (χ1) is 7.35. The zero-order valence-corrected chi connectivity index (χ0v) is 9.25. The van der Waals surface area contributed by atoms with Gasteiger partial charge in [0.05, 0.1) is 14.2 Å². The highest BCUT2D eigenvalue weighted by Crippen LogP contribution is 2.32. The summed E-state index contributed by atoms with van der Waals surface area (Å²) in [4.78, 5) is 0. The molecule has 2 heteroatoms. The quantitative estimate of drug-likeness (QED) is 0.737. The first-order valence-corrected chi connectivity index (χ1v) is 5.26. The van der Waals surface area contributed by atoms with E-state index < -0.39 is 0 Å². The van der Waals surface area contributed by atoms with E-state index in [1.54, 1.807) is 14.2 Å². The number of fused-ring (bicyclic) bond motifs is 1. The molecule has 0 heterocycles. The minimum absolute atomic E-state index is 0.876. The van der Waals surface area contributed by atoms with E-state index in [0.29, 0.717) is 0 Å². The Balaban J connectivity index is 2.52. The minimum atomic E-state index is 0.876. The predicted octanol–water partition coefficient (Wildman–Crippen LogP) is 3.05. The standard InChI is InChI=1S/C13H16O2/c1-14-11-8-10-6-4-3-5-7-12(10)13(9-11)15-2/h5,7-9H,3-4,6H2,1-2H3. The fourth-order valence-electron chi connectivity index (χ4n) is 1.95. The van der Waals surface area contributed by atoms with Crippen LogP contribution in [0.4, 0.5) is 0 Å². The molecule has 0 bridgehead atoms. The molecule has 0 saturated heterocycles. The lowest BCUT2D eigenvalue weighted by molar-refractivity contribution is 0.393. The number of allylic oxidation sites excluding steroid dienone is 1. The number of rotatable bonds is 2. The van der Waals surface area contributed by atoms with Crippen LogP contribution in [0, 0.1) is 0 Å². The van der Waals surface area contributed by atoms with Gasteiger partial charge in [-0.25, -0.2) is 0 Å². The highest BCUT2D eigenvalue weighted by atomic mass is 16.5. The zero-order chi connectivity index (χ0) is 10.7. The smallest absolute Gasteiger partial charge is 0.130 e. The maximum atomic E-state index is 5.38. The summed E-state index contributed by atoms with van der Waals surface area (Å²) in [6, 6.07) is 4.04. The molecule has 0 spiro atoms. The molecule has 0 saturated carbocycles. The zero-order valence-electron chi connectivity index (χ0n) is 9.25. The summed E-state index contributed by atoms with van der Waals surface area (Å²) >= 11 is 0. The molecule has 0 unspecified atom stereocenters. The Morgan fingerprint density at radius 1 is 1.13 bits per heavy atom. The van der Waals surface area contributed by atoms with Gasteiger partial charge in [0.15, 0.2) is 0 Å². The van der Waals surface area contributed by atoms with Crippen LogP contribution in [-0.4, -0.2) is 14.2 Å². The van der Waals surface area contributed by atoms with Gasteiger partial charge < -0.3 is 9.47 Å². The van der Waals surface area contributed by atoms with Crippen molar-refractivity contribution in [3.63, 3.8) is 0 Å². The van der Waals surface area contributed by atoms with Crippen molar-refractivity contribution in [3.05, 3.63) is 29.3 Å². The third kappa shape index (κ3) is 1.99. The van der Waals surface area contributed by atoms with E-state index in [4.69, 9.17) is 9.47 Å². The summed E-state index contributed by atoms with van der Waals surface area (Å²) in [6.07, 6.45) is 7.79. The Hall–Kier alpha value is -1.44. The molecule has 0 atom stereocenters. The van der Waals surface area contributed by atoms with E-state index in [1.165, 1.54) is 17.5 Å². The maximum absolute atomic E-state index is 5.38. The number of hydrogen-bond donors (Lipinski definition) is 0. The number of benzene rings is 1. The van der Waals surface area contributed by atoms with E-state index >= 15 is 0 Å². The summed E-state index contributed by atoms with van der Waals surface area (Å²) in [5, 5.41) is 0. The molecule has 2 rings (SSSR count). The molecule has 80 valence electrons. The summed E-state index contributed by atoms with van der Waals surface area (Å²) < 4.78 is 10.6. The normalized spacial score (nSPS) is 14.3. The lowest BCUT2D eigenvalue weighted by Crippen LogP contribution is -1.95. The first kappa shape index (κ1) is 10.1. The van der Waals surface area contributed by atoms with Crippen LogP contribution in [0.3, 0.4) is 0 Å². The predicted molar refractivity (Wildman–Crippen MR) is 61.5 cm³/mol. The van der Waals surface area contributed by atoms with Crippen LogP contribution in [0.15, 0.2) is 18.2 Å². The van der Waals surface area contributed by atoms with Crippen LogP contribution in [-0.2, 0) is 6.42 Å². The highest BCUT2D eigenvalue weighted by molar-refractivity contribution is 5.64. The highest BCUT2D eigenvalue weighted by Gasteiger charge is 2.11. The largest absolute Gasteiger partial charge is 0.497 e. The molecule has 0 radical (unpaired) electrons. The Bertz CT molecular complexity index is 380. The molecule has 0 aliphatic heterocycles. The van der Waals surface area contributed by atoms with Crippen LogP contribution < -0.4 is 9.47 Å². The van der Waals surface area contributed by atoms with Crippen molar-refractivity contribution < 1.29 is 9.47 Å². The topological polar surface area (TPSA) is 18.5 Å². The lowest BCUT2D eigenvalue weighted by atomic mass is 10.0. The second kappa shape index (κ2) is 4.39. The Labute approximate surface area is 90.5 Å². The second-order valence-corrected chi connectivity index (χ2v) is 3.70. The molecular weight excluding hydrogens is 188 g/mol. The number of aryl methyl sites for hydroxylation is 1. The van der Waals surface area contributed by atoms with E-state index in [-0.39, 0.29) is 0 Å². The van der Waals surface area contributed by atoms with Crippen molar-refractivity contribution in [3.8, 4) is 11.5 Å². The average molecular weight is 204 g/mol. The van der Waals surface area contributed by atoms with Crippen molar-refractivity contribution in [2.45, 2.75) is 19.3 Å². The van der Waals surface area contributed by atoms with Crippen molar-refractivity contribution in [2.75, 3.05) is 14.2 Å². The van der Waals surface area contributed by atoms with Gasteiger partial charge in [-0.05, 0) is 30.9 Å².